The van der Waals surface area contributed by atoms with E-state index in [1.807, 2.05) is 0 Å². The molecule has 6 heteroatoms. The number of anilines is 1. The molecule has 1 fully saturated rings. The first-order valence-corrected chi connectivity index (χ1v) is 6.60. The molecule has 0 amide bonds. The van der Waals surface area contributed by atoms with Crippen LogP contribution in [0.15, 0.2) is 30.6 Å². The molecule has 0 unspecified atom stereocenters. The van der Waals surface area contributed by atoms with E-state index in [1.54, 1.807) is 12.1 Å². The Kier molecular flexibility index (Phi) is 3.00. The molecule has 0 atom stereocenters. The minimum atomic E-state index is -0.645. The molecule has 0 saturated heterocycles. The highest BCUT2D eigenvalue weighted by molar-refractivity contribution is 5.90. The Hall–Kier alpha value is -2.24. The zero-order valence-corrected chi connectivity index (χ0v) is 10.9. The molecule has 2 N–H and O–H groups in total. The molecule has 1 aromatic heterocycles. The molecular formula is C14H15FN4O. The zero-order chi connectivity index (χ0) is 14.2. The second-order valence-electron chi connectivity index (χ2n) is 5.15. The summed E-state index contributed by atoms with van der Waals surface area (Å²) in [5.41, 5.74) is 5.66. The summed E-state index contributed by atoms with van der Waals surface area (Å²) in [6.07, 6.45) is 4.73. The summed E-state index contributed by atoms with van der Waals surface area (Å²) in [5, 5.41) is 3.90. The molecule has 104 valence electrons. The van der Waals surface area contributed by atoms with E-state index in [0.717, 1.165) is 31.2 Å². The molecule has 0 bridgehead atoms. The molecule has 20 heavy (non-hydrogen) atoms. The van der Waals surface area contributed by atoms with Crippen LogP contribution in [0.3, 0.4) is 0 Å². The summed E-state index contributed by atoms with van der Waals surface area (Å²) in [7, 11) is 0. The van der Waals surface area contributed by atoms with Crippen LogP contribution in [-0.4, -0.2) is 20.7 Å². The monoisotopic (exact) mass is 274 g/mol. The maximum absolute atomic E-state index is 13.1. The molecule has 1 saturated carbocycles. The maximum Gasteiger partial charge on any atom is 0.259 e. The van der Waals surface area contributed by atoms with E-state index in [9.17, 15) is 9.18 Å². The average molecular weight is 274 g/mol. The molecule has 3 rings (SSSR count). The highest BCUT2D eigenvalue weighted by Crippen LogP contribution is 2.42. The molecule has 2 aromatic rings. The Bertz CT molecular complexity index is 629. The summed E-state index contributed by atoms with van der Waals surface area (Å²) in [6.45, 7) is 0. The second-order valence-corrected chi connectivity index (χ2v) is 5.15. The predicted molar refractivity (Wildman–Crippen MR) is 71.6 cm³/mol. The first-order valence-electron chi connectivity index (χ1n) is 6.60. The average Bonchev–Trinajstić information content (AvgIpc) is 3.08. The summed E-state index contributed by atoms with van der Waals surface area (Å²) < 4.78 is 14.3. The molecule has 1 aliphatic carbocycles. The van der Waals surface area contributed by atoms with Gasteiger partial charge in [-0.25, -0.2) is 9.37 Å². The van der Waals surface area contributed by atoms with Crippen molar-refractivity contribution in [3.63, 3.8) is 0 Å². The van der Waals surface area contributed by atoms with Crippen LogP contribution >= 0.6 is 0 Å². The number of carbonyl (C=O) groups excluding carboxylic acids is 1. The number of halogens is 1. The van der Waals surface area contributed by atoms with Gasteiger partial charge in [-0.1, -0.05) is 25.0 Å². The van der Waals surface area contributed by atoms with Crippen LogP contribution in [0, 0.1) is 5.82 Å². The largest absolute Gasteiger partial charge is 0.366 e. The SMILES string of the molecule is Nc1ncn(C(=O)C2(c3ccc(F)cc3)CCCC2)n1. The topological polar surface area (TPSA) is 73.8 Å². The van der Waals surface area contributed by atoms with E-state index in [1.165, 1.54) is 23.1 Å². The molecule has 0 spiro atoms. The zero-order valence-electron chi connectivity index (χ0n) is 10.9. The molecule has 1 aromatic carbocycles. The lowest BCUT2D eigenvalue weighted by atomic mass is 9.78. The van der Waals surface area contributed by atoms with Crippen molar-refractivity contribution in [3.05, 3.63) is 42.0 Å². The number of nitrogen functional groups attached to an aromatic ring is 1. The van der Waals surface area contributed by atoms with E-state index >= 15 is 0 Å². The van der Waals surface area contributed by atoms with Gasteiger partial charge in [-0.3, -0.25) is 4.79 Å². The van der Waals surface area contributed by atoms with Crippen LogP contribution in [0.25, 0.3) is 0 Å². The number of benzene rings is 1. The summed E-state index contributed by atoms with van der Waals surface area (Å²) >= 11 is 0. The van der Waals surface area contributed by atoms with Crippen molar-refractivity contribution in [2.24, 2.45) is 0 Å². The first kappa shape index (κ1) is 12.8. The van der Waals surface area contributed by atoms with Gasteiger partial charge in [0, 0.05) is 0 Å². The molecular weight excluding hydrogens is 259 g/mol. The lowest BCUT2D eigenvalue weighted by Gasteiger charge is -2.27. The molecule has 0 radical (unpaired) electrons. The van der Waals surface area contributed by atoms with Crippen molar-refractivity contribution in [3.8, 4) is 0 Å². The van der Waals surface area contributed by atoms with Crippen molar-refractivity contribution in [1.29, 1.82) is 0 Å². The van der Waals surface area contributed by atoms with Gasteiger partial charge in [0.2, 0.25) is 5.95 Å². The van der Waals surface area contributed by atoms with Gasteiger partial charge in [0.1, 0.15) is 12.1 Å². The van der Waals surface area contributed by atoms with Gasteiger partial charge < -0.3 is 5.73 Å². The third-order valence-electron chi connectivity index (χ3n) is 3.98. The Morgan fingerprint density at radius 3 is 2.45 bits per heavy atom. The van der Waals surface area contributed by atoms with Crippen molar-refractivity contribution < 1.29 is 9.18 Å². The Morgan fingerprint density at radius 2 is 1.90 bits per heavy atom. The Balaban J connectivity index is 2.03. The van der Waals surface area contributed by atoms with Crippen LogP contribution in [0.5, 0.6) is 0 Å². The van der Waals surface area contributed by atoms with E-state index < -0.39 is 5.41 Å². The predicted octanol–water partition coefficient (Wildman–Crippen LogP) is 2.15. The number of nitrogens with two attached hydrogens (primary N) is 1. The van der Waals surface area contributed by atoms with E-state index in [4.69, 9.17) is 5.73 Å². The van der Waals surface area contributed by atoms with Crippen LogP contribution in [-0.2, 0) is 5.41 Å². The molecule has 0 aliphatic heterocycles. The number of carbonyl (C=O) groups is 1. The van der Waals surface area contributed by atoms with E-state index in [0.29, 0.717) is 0 Å². The fourth-order valence-corrected chi connectivity index (χ4v) is 2.97. The summed E-state index contributed by atoms with van der Waals surface area (Å²) in [5.74, 6) is -0.379. The number of aromatic nitrogens is 3. The fraction of sp³-hybridized carbons (Fsp3) is 0.357. The number of hydrogen-bond donors (Lipinski definition) is 1. The number of hydrogen-bond acceptors (Lipinski definition) is 4. The van der Waals surface area contributed by atoms with Gasteiger partial charge in [-0.05, 0) is 30.5 Å². The molecule has 1 aliphatic rings. The summed E-state index contributed by atoms with van der Waals surface area (Å²) in [4.78, 5) is 16.6. The van der Waals surface area contributed by atoms with Gasteiger partial charge in [-0.15, -0.1) is 5.10 Å². The first-order chi connectivity index (χ1) is 9.62. The van der Waals surface area contributed by atoms with Gasteiger partial charge in [-0.2, -0.15) is 4.68 Å². The van der Waals surface area contributed by atoms with Crippen molar-refractivity contribution in [2.45, 2.75) is 31.1 Å². The normalized spacial score (nSPS) is 17.2. The van der Waals surface area contributed by atoms with Crippen molar-refractivity contribution >= 4 is 11.9 Å². The number of rotatable bonds is 2. The minimum Gasteiger partial charge on any atom is -0.366 e. The standard InChI is InChI=1S/C14H15FN4O/c15-11-5-3-10(4-6-11)14(7-1-2-8-14)12(20)19-9-17-13(16)18-19/h3-6,9H,1-2,7-8H2,(H2,16,18). The third kappa shape index (κ3) is 1.97. The van der Waals surface area contributed by atoms with Crippen LogP contribution in [0.2, 0.25) is 0 Å². The lowest BCUT2D eigenvalue weighted by Crippen LogP contribution is -2.37. The maximum atomic E-state index is 13.1. The molecule has 5 nitrogen and oxygen atoms in total. The fourth-order valence-electron chi connectivity index (χ4n) is 2.97. The van der Waals surface area contributed by atoms with Crippen LogP contribution in [0.4, 0.5) is 10.3 Å². The van der Waals surface area contributed by atoms with Gasteiger partial charge in [0.05, 0.1) is 5.41 Å². The second kappa shape index (κ2) is 4.70. The highest BCUT2D eigenvalue weighted by atomic mass is 19.1. The van der Waals surface area contributed by atoms with Gasteiger partial charge in [0.25, 0.3) is 5.91 Å². The van der Waals surface area contributed by atoms with E-state index in [-0.39, 0.29) is 17.7 Å². The Labute approximate surface area is 115 Å². The quantitative estimate of drug-likeness (QED) is 0.910. The highest BCUT2D eigenvalue weighted by Gasteiger charge is 2.44. The van der Waals surface area contributed by atoms with Crippen LogP contribution < -0.4 is 5.73 Å². The van der Waals surface area contributed by atoms with Crippen molar-refractivity contribution in [2.75, 3.05) is 5.73 Å². The lowest BCUT2D eigenvalue weighted by molar-refractivity contribution is 0.0779. The Morgan fingerprint density at radius 1 is 1.25 bits per heavy atom. The third-order valence-corrected chi connectivity index (χ3v) is 3.98. The number of nitrogens with zero attached hydrogens (tertiary/aromatic N) is 3. The summed E-state index contributed by atoms with van der Waals surface area (Å²) in [6, 6.07) is 6.13. The van der Waals surface area contributed by atoms with E-state index in [2.05, 4.69) is 10.1 Å². The van der Waals surface area contributed by atoms with Crippen LogP contribution in [0.1, 0.15) is 36.0 Å². The van der Waals surface area contributed by atoms with Crippen molar-refractivity contribution in [1.82, 2.24) is 14.8 Å². The van der Waals surface area contributed by atoms with Gasteiger partial charge >= 0.3 is 0 Å². The van der Waals surface area contributed by atoms with Gasteiger partial charge in [0.15, 0.2) is 0 Å². The smallest absolute Gasteiger partial charge is 0.259 e. The molecule has 1 heterocycles. The minimum absolute atomic E-state index is 0.0746.